The maximum atomic E-state index is 11.8. The molecule has 5 nitrogen and oxygen atoms in total. The minimum Gasteiger partial charge on any atom is -0.480 e. The van der Waals surface area contributed by atoms with Gasteiger partial charge in [0.25, 0.3) is 0 Å². The summed E-state index contributed by atoms with van der Waals surface area (Å²) in [7, 11) is 1.49. The van der Waals surface area contributed by atoms with E-state index in [1.54, 1.807) is 0 Å². The van der Waals surface area contributed by atoms with Crippen LogP contribution in [0, 0.1) is 6.92 Å². The number of halogens is 1. The van der Waals surface area contributed by atoms with Crippen LogP contribution in [0.25, 0.3) is 0 Å². The Kier molecular flexibility index (Phi) is 7.77. The molecule has 0 spiro atoms. The first kappa shape index (κ1) is 18.0. The van der Waals surface area contributed by atoms with E-state index in [1.165, 1.54) is 18.9 Å². The van der Waals surface area contributed by atoms with Gasteiger partial charge in [0, 0.05) is 29.5 Å². The highest BCUT2D eigenvalue weighted by molar-refractivity contribution is 9.10. The number of rotatable bonds is 8. The van der Waals surface area contributed by atoms with Crippen molar-refractivity contribution in [2.24, 2.45) is 0 Å². The molecule has 0 aliphatic carbocycles. The highest BCUT2D eigenvalue weighted by Gasteiger charge is 2.19. The first-order valence-corrected chi connectivity index (χ1v) is 8.12. The number of thioether (sulfide) groups is 1. The molecular weight excluding hydrogens is 358 g/mol. The SMILES string of the molecule is COCCC(NC(=O)CSc1ccc(Br)cc1C)C(=O)O. The molecule has 0 saturated heterocycles. The summed E-state index contributed by atoms with van der Waals surface area (Å²) in [6, 6.07) is 4.89. The third-order valence-corrected chi connectivity index (χ3v) is 4.41. The number of carbonyl (C=O) groups is 2. The Hall–Kier alpha value is -1.05. The number of carbonyl (C=O) groups excluding carboxylic acids is 1. The average molecular weight is 376 g/mol. The van der Waals surface area contributed by atoms with Gasteiger partial charge in [-0.15, -0.1) is 11.8 Å². The van der Waals surface area contributed by atoms with E-state index in [2.05, 4.69) is 21.2 Å². The van der Waals surface area contributed by atoms with Gasteiger partial charge >= 0.3 is 5.97 Å². The molecule has 0 aromatic heterocycles. The molecule has 1 rings (SSSR count). The summed E-state index contributed by atoms with van der Waals surface area (Å²) in [6.45, 7) is 2.25. The van der Waals surface area contributed by atoms with E-state index >= 15 is 0 Å². The summed E-state index contributed by atoms with van der Waals surface area (Å²) in [5.74, 6) is -1.17. The molecule has 1 unspecified atom stereocenters. The maximum absolute atomic E-state index is 11.8. The standard InChI is InChI=1S/C14H18BrNO4S/c1-9-7-10(15)3-4-12(9)21-8-13(17)16-11(14(18)19)5-6-20-2/h3-4,7,11H,5-6,8H2,1-2H3,(H,16,17)(H,18,19). The van der Waals surface area contributed by atoms with Gasteiger partial charge in [0.1, 0.15) is 6.04 Å². The number of hydrogen-bond donors (Lipinski definition) is 2. The van der Waals surface area contributed by atoms with Crippen molar-refractivity contribution in [1.82, 2.24) is 5.32 Å². The number of carboxylic acids is 1. The normalized spacial score (nSPS) is 12.0. The Morgan fingerprint density at radius 2 is 2.19 bits per heavy atom. The van der Waals surface area contributed by atoms with E-state index in [1.807, 2.05) is 25.1 Å². The van der Waals surface area contributed by atoms with E-state index in [0.29, 0.717) is 0 Å². The zero-order valence-corrected chi connectivity index (χ0v) is 14.3. The van der Waals surface area contributed by atoms with Crippen molar-refractivity contribution in [3.8, 4) is 0 Å². The molecule has 1 atom stereocenters. The quantitative estimate of drug-likeness (QED) is 0.682. The predicted octanol–water partition coefficient (Wildman–Crippen LogP) is 2.46. The van der Waals surface area contributed by atoms with Crippen LogP contribution in [-0.2, 0) is 14.3 Å². The molecule has 0 fully saturated rings. The summed E-state index contributed by atoms with van der Waals surface area (Å²) in [5, 5.41) is 11.5. The first-order chi connectivity index (χ1) is 9.93. The number of nitrogens with one attached hydrogen (secondary N) is 1. The molecule has 1 amide bonds. The minimum atomic E-state index is -1.05. The van der Waals surface area contributed by atoms with Crippen molar-refractivity contribution in [3.63, 3.8) is 0 Å². The van der Waals surface area contributed by atoms with E-state index in [4.69, 9.17) is 9.84 Å². The van der Waals surface area contributed by atoms with Gasteiger partial charge in [-0.2, -0.15) is 0 Å². The monoisotopic (exact) mass is 375 g/mol. The Bertz CT molecular complexity index is 510. The summed E-state index contributed by atoms with van der Waals surface area (Å²) < 4.78 is 5.82. The highest BCUT2D eigenvalue weighted by Crippen LogP contribution is 2.25. The Morgan fingerprint density at radius 3 is 2.76 bits per heavy atom. The van der Waals surface area contributed by atoms with Gasteiger partial charge in [-0.25, -0.2) is 4.79 Å². The molecule has 0 aliphatic heterocycles. The Labute approximate surface area is 136 Å². The number of aryl methyl sites for hydroxylation is 1. The van der Waals surface area contributed by atoms with Gasteiger partial charge in [-0.3, -0.25) is 4.79 Å². The summed E-state index contributed by atoms with van der Waals surface area (Å²) in [4.78, 5) is 23.8. The average Bonchev–Trinajstić information content (AvgIpc) is 2.42. The zero-order chi connectivity index (χ0) is 15.8. The second-order valence-electron chi connectivity index (χ2n) is 4.44. The summed E-state index contributed by atoms with van der Waals surface area (Å²) >= 11 is 4.77. The molecule has 0 saturated carbocycles. The van der Waals surface area contributed by atoms with Crippen LogP contribution in [-0.4, -0.2) is 42.5 Å². The van der Waals surface area contributed by atoms with E-state index in [9.17, 15) is 9.59 Å². The van der Waals surface area contributed by atoms with Crippen molar-refractivity contribution in [2.45, 2.75) is 24.3 Å². The van der Waals surface area contributed by atoms with Gasteiger partial charge in [-0.1, -0.05) is 15.9 Å². The second kappa shape index (κ2) is 9.07. The third kappa shape index (κ3) is 6.50. The molecule has 0 aliphatic rings. The fraction of sp³-hybridized carbons (Fsp3) is 0.429. The van der Waals surface area contributed by atoms with Gasteiger partial charge in [-0.05, 0) is 30.7 Å². The number of benzene rings is 1. The Morgan fingerprint density at radius 1 is 1.48 bits per heavy atom. The molecule has 0 heterocycles. The van der Waals surface area contributed by atoms with E-state index in [-0.39, 0.29) is 24.7 Å². The fourth-order valence-electron chi connectivity index (χ4n) is 1.65. The van der Waals surface area contributed by atoms with Crippen molar-refractivity contribution in [3.05, 3.63) is 28.2 Å². The summed E-state index contributed by atoms with van der Waals surface area (Å²) in [6.07, 6.45) is 0.250. The van der Waals surface area contributed by atoms with Crippen molar-refractivity contribution in [2.75, 3.05) is 19.5 Å². The van der Waals surface area contributed by atoms with Crippen LogP contribution in [0.5, 0.6) is 0 Å². The Balaban J connectivity index is 2.50. The van der Waals surface area contributed by atoms with Gasteiger partial charge in [0.15, 0.2) is 0 Å². The molecular formula is C14H18BrNO4S. The van der Waals surface area contributed by atoms with Gasteiger partial charge in [0.2, 0.25) is 5.91 Å². The van der Waals surface area contributed by atoms with E-state index in [0.717, 1.165) is 14.9 Å². The topological polar surface area (TPSA) is 75.6 Å². The van der Waals surface area contributed by atoms with Crippen LogP contribution in [0.3, 0.4) is 0 Å². The van der Waals surface area contributed by atoms with Crippen LogP contribution < -0.4 is 5.32 Å². The van der Waals surface area contributed by atoms with Crippen molar-refractivity contribution < 1.29 is 19.4 Å². The number of methoxy groups -OCH3 is 1. The van der Waals surface area contributed by atoms with Crippen LogP contribution in [0.2, 0.25) is 0 Å². The number of carboxylic acid groups (broad SMARTS) is 1. The lowest BCUT2D eigenvalue weighted by Crippen LogP contribution is -2.42. The predicted molar refractivity (Wildman–Crippen MR) is 85.7 cm³/mol. The van der Waals surface area contributed by atoms with Crippen LogP contribution in [0.1, 0.15) is 12.0 Å². The largest absolute Gasteiger partial charge is 0.480 e. The summed E-state index contributed by atoms with van der Waals surface area (Å²) in [5.41, 5.74) is 1.07. The third-order valence-electron chi connectivity index (χ3n) is 2.74. The van der Waals surface area contributed by atoms with E-state index < -0.39 is 12.0 Å². The molecule has 116 valence electrons. The first-order valence-electron chi connectivity index (χ1n) is 6.34. The number of hydrogen-bond acceptors (Lipinski definition) is 4. The molecule has 21 heavy (non-hydrogen) atoms. The highest BCUT2D eigenvalue weighted by atomic mass is 79.9. The van der Waals surface area contributed by atoms with Crippen molar-refractivity contribution in [1.29, 1.82) is 0 Å². The molecule has 1 aromatic carbocycles. The number of amides is 1. The zero-order valence-electron chi connectivity index (χ0n) is 11.9. The molecule has 0 radical (unpaired) electrons. The second-order valence-corrected chi connectivity index (χ2v) is 6.37. The number of aliphatic carboxylic acids is 1. The fourth-order valence-corrected chi connectivity index (χ4v) is 2.94. The van der Waals surface area contributed by atoms with Crippen LogP contribution in [0.15, 0.2) is 27.6 Å². The van der Waals surface area contributed by atoms with Crippen LogP contribution in [0.4, 0.5) is 0 Å². The van der Waals surface area contributed by atoms with Gasteiger partial charge < -0.3 is 15.2 Å². The number of ether oxygens (including phenoxy) is 1. The molecule has 2 N–H and O–H groups in total. The van der Waals surface area contributed by atoms with Crippen LogP contribution >= 0.6 is 27.7 Å². The maximum Gasteiger partial charge on any atom is 0.326 e. The smallest absolute Gasteiger partial charge is 0.326 e. The molecule has 1 aromatic rings. The van der Waals surface area contributed by atoms with Crippen molar-refractivity contribution >= 4 is 39.6 Å². The lowest BCUT2D eigenvalue weighted by atomic mass is 10.2. The minimum absolute atomic E-state index is 0.180. The lowest BCUT2D eigenvalue weighted by molar-refractivity contribution is -0.142. The molecule has 7 heteroatoms. The van der Waals surface area contributed by atoms with Gasteiger partial charge in [0.05, 0.1) is 5.75 Å². The molecule has 0 bridgehead atoms. The lowest BCUT2D eigenvalue weighted by Gasteiger charge is -2.14.